The molecule has 3 unspecified atom stereocenters. The fourth-order valence-electron chi connectivity index (χ4n) is 5.17. The Kier molecular flexibility index (Phi) is 6.77. The predicted octanol–water partition coefficient (Wildman–Crippen LogP) is 4.79. The zero-order valence-electron chi connectivity index (χ0n) is 20.1. The minimum Gasteiger partial charge on any atom is -0.493 e. The first kappa shape index (κ1) is 23.6. The van der Waals surface area contributed by atoms with Crippen LogP contribution in [0.25, 0.3) is 0 Å². The molecule has 0 aromatic heterocycles. The van der Waals surface area contributed by atoms with Crippen molar-refractivity contribution < 1.29 is 23.8 Å². The molecule has 3 atom stereocenters. The summed E-state index contributed by atoms with van der Waals surface area (Å²) in [6.07, 6.45) is 0.980. The number of Topliss-reactive ketones (excluding diaryl/α,β-unsaturated/α-hetero) is 1. The molecule has 34 heavy (non-hydrogen) atoms. The van der Waals surface area contributed by atoms with Gasteiger partial charge in [0.25, 0.3) is 0 Å². The lowest BCUT2D eigenvalue weighted by molar-refractivity contribution is -0.147. The van der Waals surface area contributed by atoms with Crippen LogP contribution >= 0.6 is 0 Å². The van der Waals surface area contributed by atoms with Crippen LogP contribution in [0.1, 0.15) is 48.3 Å². The van der Waals surface area contributed by atoms with Crippen LogP contribution < -0.4 is 14.8 Å². The molecule has 0 spiro atoms. The monoisotopic (exact) mass is 461 g/mol. The molecule has 1 heterocycles. The lowest BCUT2D eigenvalue weighted by Crippen LogP contribution is -2.42. The number of ketones is 1. The zero-order chi connectivity index (χ0) is 24.4. The second-order valence-electron chi connectivity index (χ2n) is 8.75. The first-order valence-electron chi connectivity index (χ1n) is 11.6. The molecule has 2 aliphatic rings. The number of aryl methyl sites for hydroxylation is 1. The molecule has 0 fully saturated rings. The molecule has 2 aromatic rings. The predicted molar refractivity (Wildman–Crippen MR) is 130 cm³/mol. The molecule has 178 valence electrons. The Bertz CT molecular complexity index is 1170. The van der Waals surface area contributed by atoms with E-state index >= 15 is 0 Å². The Balaban J connectivity index is 1.78. The van der Waals surface area contributed by atoms with E-state index in [-0.39, 0.29) is 24.3 Å². The molecule has 1 aliphatic heterocycles. The van der Waals surface area contributed by atoms with E-state index in [2.05, 4.69) is 11.9 Å². The van der Waals surface area contributed by atoms with E-state index < -0.39 is 11.8 Å². The zero-order valence-corrected chi connectivity index (χ0v) is 20.1. The summed E-state index contributed by atoms with van der Waals surface area (Å²) in [5.41, 5.74) is 5.04. The first-order chi connectivity index (χ1) is 16.4. The van der Waals surface area contributed by atoms with Gasteiger partial charge in [0.15, 0.2) is 17.3 Å². The summed E-state index contributed by atoms with van der Waals surface area (Å²) in [6.45, 7) is 8.23. The summed E-state index contributed by atoms with van der Waals surface area (Å²) >= 11 is 0. The topological polar surface area (TPSA) is 73.9 Å². The van der Waals surface area contributed by atoms with Crippen molar-refractivity contribution in [2.45, 2.75) is 38.5 Å². The lowest BCUT2D eigenvalue weighted by atomic mass is 9.68. The van der Waals surface area contributed by atoms with Crippen molar-refractivity contribution >= 4 is 11.8 Å². The van der Waals surface area contributed by atoms with Gasteiger partial charge in [-0.05, 0) is 55.0 Å². The smallest absolute Gasteiger partial charge is 0.315 e. The van der Waals surface area contributed by atoms with Gasteiger partial charge in [0.2, 0.25) is 0 Å². The van der Waals surface area contributed by atoms with Crippen molar-refractivity contribution in [1.82, 2.24) is 5.32 Å². The van der Waals surface area contributed by atoms with Gasteiger partial charge in [0.1, 0.15) is 5.92 Å². The van der Waals surface area contributed by atoms with E-state index in [4.69, 9.17) is 14.2 Å². The van der Waals surface area contributed by atoms with Gasteiger partial charge in [0.05, 0.1) is 20.8 Å². The van der Waals surface area contributed by atoms with Crippen LogP contribution in [0.2, 0.25) is 0 Å². The molecule has 0 radical (unpaired) electrons. The Labute approximate surface area is 200 Å². The lowest BCUT2D eigenvalue weighted by Gasteiger charge is -2.40. The van der Waals surface area contributed by atoms with Gasteiger partial charge in [-0.15, -0.1) is 0 Å². The molecule has 6 heteroatoms. The van der Waals surface area contributed by atoms with Crippen LogP contribution in [0.15, 0.2) is 66.0 Å². The van der Waals surface area contributed by atoms with E-state index in [1.165, 1.54) is 0 Å². The maximum Gasteiger partial charge on any atom is 0.315 e. The summed E-state index contributed by atoms with van der Waals surface area (Å²) in [5.74, 6) is -0.173. The molecule has 0 amide bonds. The second-order valence-corrected chi connectivity index (χ2v) is 8.75. The van der Waals surface area contributed by atoms with Gasteiger partial charge in [-0.25, -0.2) is 0 Å². The standard InChI is InChI=1S/C28H31NO5/c1-6-34-28(31)25-17(3)29-21-13-19(18-11-12-23(32-4)24(15-18)33-5)14-22(30)27(21)26(25)20-10-8-7-9-16(20)2/h7-12,15,19,25-26,29H,3,6,13-14H2,1-2,4-5H3. The van der Waals surface area contributed by atoms with E-state index in [0.29, 0.717) is 35.6 Å². The fourth-order valence-corrected chi connectivity index (χ4v) is 5.17. The number of allylic oxidation sites excluding steroid dienone is 2. The van der Waals surface area contributed by atoms with Gasteiger partial charge in [-0.2, -0.15) is 0 Å². The first-order valence-corrected chi connectivity index (χ1v) is 11.6. The average Bonchev–Trinajstić information content (AvgIpc) is 2.83. The van der Waals surface area contributed by atoms with E-state index in [0.717, 1.165) is 22.4 Å². The number of nitrogens with one attached hydrogen (secondary N) is 1. The number of hydrogen-bond acceptors (Lipinski definition) is 6. The van der Waals surface area contributed by atoms with Crippen molar-refractivity contribution in [3.8, 4) is 11.5 Å². The molecule has 6 nitrogen and oxygen atoms in total. The molecule has 0 bridgehead atoms. The minimum absolute atomic E-state index is 0.0250. The van der Waals surface area contributed by atoms with Gasteiger partial charge < -0.3 is 19.5 Å². The molecule has 0 saturated carbocycles. The van der Waals surface area contributed by atoms with Crippen LogP contribution in [-0.2, 0) is 14.3 Å². The van der Waals surface area contributed by atoms with Crippen LogP contribution in [0.4, 0.5) is 0 Å². The average molecular weight is 462 g/mol. The third-order valence-electron chi connectivity index (χ3n) is 6.78. The van der Waals surface area contributed by atoms with Crippen molar-refractivity contribution in [1.29, 1.82) is 0 Å². The summed E-state index contributed by atoms with van der Waals surface area (Å²) in [5, 5.41) is 3.32. The molecule has 2 aromatic carbocycles. The molecule has 4 rings (SSSR count). The highest BCUT2D eigenvalue weighted by molar-refractivity contribution is 6.01. The van der Waals surface area contributed by atoms with Crippen LogP contribution in [-0.4, -0.2) is 32.6 Å². The summed E-state index contributed by atoms with van der Waals surface area (Å²) in [6, 6.07) is 13.7. The third kappa shape index (κ3) is 4.20. The molecular formula is C28H31NO5. The summed E-state index contributed by atoms with van der Waals surface area (Å²) in [7, 11) is 3.20. The fraction of sp³-hybridized carbons (Fsp3) is 0.357. The Morgan fingerprint density at radius 1 is 1.09 bits per heavy atom. The molecular weight excluding hydrogens is 430 g/mol. The minimum atomic E-state index is -0.665. The SMILES string of the molecule is C=C1NC2=C(C(=O)CC(c3ccc(OC)c(OC)c3)C2)C(c2ccccc2C)C1C(=O)OCC. The number of ether oxygens (including phenoxy) is 3. The van der Waals surface area contributed by atoms with E-state index in [9.17, 15) is 9.59 Å². The van der Waals surface area contributed by atoms with Crippen molar-refractivity contribution in [2.24, 2.45) is 5.92 Å². The highest BCUT2D eigenvalue weighted by atomic mass is 16.5. The van der Waals surface area contributed by atoms with Crippen LogP contribution in [0.3, 0.4) is 0 Å². The molecule has 1 N–H and O–H groups in total. The Morgan fingerprint density at radius 3 is 2.50 bits per heavy atom. The van der Waals surface area contributed by atoms with Crippen LogP contribution in [0.5, 0.6) is 11.5 Å². The quantitative estimate of drug-likeness (QED) is 0.624. The van der Waals surface area contributed by atoms with Gasteiger partial charge in [-0.1, -0.05) is 36.9 Å². The normalized spacial score (nSPS) is 22.1. The van der Waals surface area contributed by atoms with E-state index in [1.807, 2.05) is 49.4 Å². The van der Waals surface area contributed by atoms with E-state index in [1.54, 1.807) is 21.1 Å². The molecule has 0 saturated heterocycles. The number of hydrogen-bond donors (Lipinski definition) is 1. The second kappa shape index (κ2) is 9.75. The largest absolute Gasteiger partial charge is 0.493 e. The number of methoxy groups -OCH3 is 2. The molecule has 1 aliphatic carbocycles. The van der Waals surface area contributed by atoms with Crippen molar-refractivity contribution in [3.63, 3.8) is 0 Å². The number of carbonyl (C=O) groups is 2. The number of benzene rings is 2. The van der Waals surface area contributed by atoms with Gasteiger partial charge in [-0.3, -0.25) is 9.59 Å². The van der Waals surface area contributed by atoms with Crippen molar-refractivity contribution in [2.75, 3.05) is 20.8 Å². The number of carbonyl (C=O) groups excluding carboxylic acids is 2. The van der Waals surface area contributed by atoms with Crippen LogP contribution in [0, 0.1) is 12.8 Å². The Morgan fingerprint density at radius 2 is 1.82 bits per heavy atom. The maximum absolute atomic E-state index is 13.7. The highest BCUT2D eigenvalue weighted by Crippen LogP contribution is 2.48. The summed E-state index contributed by atoms with van der Waals surface area (Å²) in [4.78, 5) is 26.7. The Hall–Kier alpha value is -3.54. The van der Waals surface area contributed by atoms with Crippen molar-refractivity contribution in [3.05, 3.63) is 82.7 Å². The summed E-state index contributed by atoms with van der Waals surface area (Å²) < 4.78 is 16.2. The van der Waals surface area contributed by atoms with Gasteiger partial charge >= 0.3 is 5.97 Å². The number of rotatable bonds is 6. The maximum atomic E-state index is 13.7. The highest BCUT2D eigenvalue weighted by Gasteiger charge is 2.45. The third-order valence-corrected chi connectivity index (χ3v) is 6.78. The van der Waals surface area contributed by atoms with Gasteiger partial charge in [0, 0.05) is 29.3 Å². The number of esters is 1.